The lowest BCUT2D eigenvalue weighted by Gasteiger charge is -2.33. The fraction of sp³-hybridized carbons (Fsp3) is 0.250. The van der Waals surface area contributed by atoms with Gasteiger partial charge in [-0.05, 0) is 49.2 Å². The maximum Gasteiger partial charge on any atom is 0.573 e. The maximum atomic E-state index is 12.8. The van der Waals surface area contributed by atoms with Crippen molar-refractivity contribution in [2.45, 2.75) is 25.2 Å². The number of aromatic nitrogens is 1. The number of likely N-dealkylation sites (tertiary alicyclic amines) is 1. The zero-order valence-corrected chi connectivity index (χ0v) is 17.2. The van der Waals surface area contributed by atoms with Crippen molar-refractivity contribution in [2.75, 3.05) is 18.4 Å². The number of alkyl halides is 3. The number of hydrogen-bond donors (Lipinski definition) is 1. The van der Waals surface area contributed by atoms with Crippen molar-refractivity contribution < 1.29 is 22.7 Å². The summed E-state index contributed by atoms with van der Waals surface area (Å²) in [5, 5.41) is 3.31. The van der Waals surface area contributed by atoms with E-state index in [4.69, 9.17) is 0 Å². The lowest BCUT2D eigenvalue weighted by molar-refractivity contribution is -0.274. The molecule has 0 atom stereocenters. The second-order valence-electron chi connectivity index (χ2n) is 7.58. The van der Waals surface area contributed by atoms with Gasteiger partial charge in [-0.2, -0.15) is 0 Å². The summed E-state index contributed by atoms with van der Waals surface area (Å²) in [5.74, 6) is -0.306. The monoisotopic (exact) mass is 441 g/mol. The minimum atomic E-state index is -4.70. The van der Waals surface area contributed by atoms with Gasteiger partial charge in [-0.15, -0.1) is 13.2 Å². The molecule has 8 heteroatoms. The average Bonchev–Trinajstić information content (AvgIpc) is 2.80. The van der Waals surface area contributed by atoms with Crippen molar-refractivity contribution in [3.05, 3.63) is 78.5 Å². The molecule has 1 saturated heterocycles. The zero-order valence-electron chi connectivity index (χ0n) is 17.2. The number of halogens is 3. The van der Waals surface area contributed by atoms with Gasteiger partial charge in [0.15, 0.2) is 0 Å². The molecule has 1 aliphatic rings. The molecule has 1 aromatic heterocycles. The van der Waals surface area contributed by atoms with Crippen LogP contribution in [-0.4, -0.2) is 41.3 Å². The molecule has 1 fully saturated rings. The van der Waals surface area contributed by atoms with Gasteiger partial charge in [0.05, 0.1) is 11.3 Å². The summed E-state index contributed by atoms with van der Waals surface area (Å²) in [6.45, 7) is 1.18. The van der Waals surface area contributed by atoms with Crippen molar-refractivity contribution in [1.29, 1.82) is 0 Å². The highest BCUT2D eigenvalue weighted by molar-refractivity contribution is 5.94. The number of piperidine rings is 1. The Hall–Kier alpha value is -3.55. The van der Waals surface area contributed by atoms with E-state index in [1.165, 1.54) is 12.1 Å². The molecule has 32 heavy (non-hydrogen) atoms. The number of benzene rings is 2. The van der Waals surface area contributed by atoms with E-state index in [-0.39, 0.29) is 17.7 Å². The number of hydrogen-bond acceptors (Lipinski definition) is 4. The molecule has 0 unspecified atom stereocenters. The van der Waals surface area contributed by atoms with E-state index in [1.54, 1.807) is 29.3 Å². The first-order valence-corrected chi connectivity index (χ1v) is 10.3. The molecular weight excluding hydrogens is 419 g/mol. The van der Waals surface area contributed by atoms with E-state index in [9.17, 15) is 18.0 Å². The number of amides is 1. The minimum absolute atomic E-state index is 0.0517. The van der Waals surface area contributed by atoms with Crippen LogP contribution in [-0.2, 0) is 0 Å². The molecule has 1 aliphatic heterocycles. The Balaban J connectivity index is 1.29. The van der Waals surface area contributed by atoms with Crippen LogP contribution in [0.5, 0.6) is 5.75 Å². The van der Waals surface area contributed by atoms with Crippen molar-refractivity contribution in [1.82, 2.24) is 9.88 Å². The molecule has 0 saturated carbocycles. The van der Waals surface area contributed by atoms with E-state index in [1.807, 2.05) is 36.4 Å². The molecular formula is C24H22F3N3O2. The van der Waals surface area contributed by atoms with Crippen molar-refractivity contribution >= 4 is 11.6 Å². The molecule has 2 aromatic carbocycles. The second-order valence-corrected chi connectivity index (χ2v) is 7.58. The first kappa shape index (κ1) is 21.7. The lowest BCUT2D eigenvalue weighted by Crippen LogP contribution is -2.42. The Morgan fingerprint density at radius 2 is 1.66 bits per heavy atom. The van der Waals surface area contributed by atoms with Crippen LogP contribution in [0.15, 0.2) is 72.9 Å². The first-order valence-electron chi connectivity index (χ1n) is 10.3. The van der Waals surface area contributed by atoms with Crippen LogP contribution in [0.2, 0.25) is 0 Å². The third-order valence-corrected chi connectivity index (χ3v) is 5.32. The quantitative estimate of drug-likeness (QED) is 0.579. The van der Waals surface area contributed by atoms with E-state index in [2.05, 4.69) is 15.0 Å². The first-order chi connectivity index (χ1) is 15.4. The normalized spacial score (nSPS) is 14.8. The van der Waals surface area contributed by atoms with Crippen LogP contribution >= 0.6 is 0 Å². The fourth-order valence-corrected chi connectivity index (χ4v) is 3.70. The fourth-order valence-electron chi connectivity index (χ4n) is 3.70. The molecule has 3 aromatic rings. The number of nitrogens with one attached hydrogen (secondary N) is 1. The van der Waals surface area contributed by atoms with Gasteiger partial charge in [-0.25, -0.2) is 0 Å². The highest BCUT2D eigenvalue weighted by Crippen LogP contribution is 2.25. The Morgan fingerprint density at radius 1 is 0.969 bits per heavy atom. The van der Waals surface area contributed by atoms with E-state index in [0.29, 0.717) is 24.3 Å². The largest absolute Gasteiger partial charge is 0.573 e. The zero-order chi connectivity index (χ0) is 22.6. The maximum absolute atomic E-state index is 12.8. The molecule has 4 rings (SSSR count). The molecule has 1 N–H and O–H groups in total. The highest BCUT2D eigenvalue weighted by atomic mass is 19.4. The predicted molar refractivity (Wildman–Crippen MR) is 115 cm³/mol. The number of pyridine rings is 1. The predicted octanol–water partition coefficient (Wildman–Crippen LogP) is 5.36. The van der Waals surface area contributed by atoms with E-state index >= 15 is 0 Å². The summed E-state index contributed by atoms with van der Waals surface area (Å²) in [6, 6.07) is 19.2. The number of anilines is 1. The number of carbonyl (C=O) groups excluding carboxylic acids is 1. The van der Waals surface area contributed by atoms with E-state index < -0.39 is 6.36 Å². The summed E-state index contributed by atoms with van der Waals surface area (Å²) in [6.07, 6.45) is -1.62. The second kappa shape index (κ2) is 9.30. The summed E-state index contributed by atoms with van der Waals surface area (Å²) in [7, 11) is 0. The Kier molecular flexibility index (Phi) is 6.30. The third-order valence-electron chi connectivity index (χ3n) is 5.32. The van der Waals surface area contributed by atoms with Gasteiger partial charge in [-0.1, -0.05) is 30.3 Å². The van der Waals surface area contributed by atoms with Crippen LogP contribution in [0.1, 0.15) is 23.2 Å². The lowest BCUT2D eigenvalue weighted by atomic mass is 10.0. The summed E-state index contributed by atoms with van der Waals surface area (Å²) in [4.78, 5) is 19.1. The van der Waals surface area contributed by atoms with Gasteiger partial charge in [0.25, 0.3) is 5.91 Å². The van der Waals surface area contributed by atoms with Crippen molar-refractivity contribution in [3.8, 4) is 17.0 Å². The van der Waals surface area contributed by atoms with Crippen molar-refractivity contribution in [2.24, 2.45) is 0 Å². The van der Waals surface area contributed by atoms with Gasteiger partial charge < -0.3 is 15.0 Å². The molecule has 1 amide bonds. The Morgan fingerprint density at radius 3 is 2.25 bits per heavy atom. The standard InChI is InChI=1S/C24H22F3N3O2/c25-24(26,27)32-21-9-7-19(8-10-21)29-20-12-14-30(15-13-20)23(31)18-6-11-22(28-16-18)17-4-2-1-3-5-17/h1-11,16,20,29H,12-15H2. The van der Waals surface area contributed by atoms with Crippen LogP contribution in [0.25, 0.3) is 11.3 Å². The van der Waals surface area contributed by atoms with Gasteiger partial charge in [0.1, 0.15) is 5.75 Å². The van der Waals surface area contributed by atoms with Crippen LogP contribution in [0.4, 0.5) is 18.9 Å². The van der Waals surface area contributed by atoms with Crippen LogP contribution in [0, 0.1) is 0 Å². The third kappa shape index (κ3) is 5.57. The summed E-state index contributed by atoms with van der Waals surface area (Å²) < 4.78 is 40.7. The van der Waals surface area contributed by atoms with Crippen molar-refractivity contribution in [3.63, 3.8) is 0 Å². The molecule has 0 bridgehead atoms. The van der Waals surface area contributed by atoms with Gasteiger partial charge in [0, 0.05) is 36.6 Å². The molecule has 0 spiro atoms. The SMILES string of the molecule is O=C(c1ccc(-c2ccccc2)nc1)N1CCC(Nc2ccc(OC(F)(F)F)cc2)CC1. The van der Waals surface area contributed by atoms with Gasteiger partial charge >= 0.3 is 6.36 Å². The average molecular weight is 441 g/mol. The number of rotatable bonds is 5. The summed E-state index contributed by atoms with van der Waals surface area (Å²) in [5.41, 5.74) is 3.08. The highest BCUT2D eigenvalue weighted by Gasteiger charge is 2.31. The topological polar surface area (TPSA) is 54.5 Å². The Bertz CT molecular complexity index is 1030. The number of ether oxygens (including phenoxy) is 1. The summed E-state index contributed by atoms with van der Waals surface area (Å²) >= 11 is 0. The van der Waals surface area contributed by atoms with Gasteiger partial charge in [0.2, 0.25) is 0 Å². The minimum Gasteiger partial charge on any atom is -0.406 e. The molecule has 5 nitrogen and oxygen atoms in total. The van der Waals surface area contributed by atoms with Crippen LogP contribution in [0.3, 0.4) is 0 Å². The van der Waals surface area contributed by atoms with E-state index in [0.717, 1.165) is 24.1 Å². The molecule has 0 radical (unpaired) electrons. The van der Waals surface area contributed by atoms with Crippen LogP contribution < -0.4 is 10.1 Å². The van der Waals surface area contributed by atoms with Gasteiger partial charge in [-0.3, -0.25) is 9.78 Å². The number of carbonyl (C=O) groups is 1. The number of nitrogens with zero attached hydrogens (tertiary/aromatic N) is 2. The molecule has 166 valence electrons. The smallest absolute Gasteiger partial charge is 0.406 e. The molecule has 0 aliphatic carbocycles. The molecule has 2 heterocycles. The Labute approximate surface area is 183 Å².